The van der Waals surface area contributed by atoms with Crippen LogP contribution in [0.2, 0.25) is 0 Å². The zero-order valence-electron chi connectivity index (χ0n) is 14.8. The summed E-state index contributed by atoms with van der Waals surface area (Å²) in [5, 5.41) is 6.52. The van der Waals surface area contributed by atoms with Gasteiger partial charge in [0.1, 0.15) is 12.7 Å². The molecule has 6 nitrogen and oxygen atoms in total. The van der Waals surface area contributed by atoms with Crippen molar-refractivity contribution in [2.75, 3.05) is 25.0 Å². The Kier molecular flexibility index (Phi) is 6.73. The normalized spacial score (nSPS) is 11.8. The van der Waals surface area contributed by atoms with Gasteiger partial charge in [0.25, 0.3) is 0 Å². The van der Waals surface area contributed by atoms with E-state index in [1.165, 1.54) is 23.4 Å². The van der Waals surface area contributed by atoms with Gasteiger partial charge in [-0.3, -0.25) is 9.69 Å². The SMILES string of the molecule is CCCN(CCC)CC(=O)Nc1cc(C(F)(F)F)ccc1-n1cncn1. The molecule has 26 heavy (non-hydrogen) atoms. The number of alkyl halides is 3. The molecule has 1 N–H and O–H groups in total. The first kappa shape index (κ1) is 19.9. The molecule has 0 saturated heterocycles. The topological polar surface area (TPSA) is 63.1 Å². The largest absolute Gasteiger partial charge is 0.416 e. The second-order valence-electron chi connectivity index (χ2n) is 5.89. The summed E-state index contributed by atoms with van der Waals surface area (Å²) in [6.07, 6.45) is -0.0921. The van der Waals surface area contributed by atoms with Gasteiger partial charge in [0.15, 0.2) is 0 Å². The zero-order valence-corrected chi connectivity index (χ0v) is 14.8. The van der Waals surface area contributed by atoms with Crippen molar-refractivity contribution in [1.29, 1.82) is 0 Å². The predicted octanol–water partition coefficient (Wildman–Crippen LogP) is 3.35. The second kappa shape index (κ2) is 8.79. The standard InChI is InChI=1S/C17H22F3N5O/c1-3-7-24(8-4-2)10-16(26)23-14-9-13(17(18,19)20)5-6-15(14)25-12-21-11-22-25/h5-6,9,11-12H,3-4,7-8,10H2,1-2H3,(H,23,26). The smallest absolute Gasteiger partial charge is 0.323 e. The summed E-state index contributed by atoms with van der Waals surface area (Å²) in [6.45, 7) is 5.64. The average molecular weight is 369 g/mol. The number of benzene rings is 1. The fraction of sp³-hybridized carbons (Fsp3) is 0.471. The Bertz CT molecular complexity index is 710. The number of aromatic nitrogens is 3. The first-order valence-corrected chi connectivity index (χ1v) is 8.43. The van der Waals surface area contributed by atoms with Crippen molar-refractivity contribution in [3.63, 3.8) is 0 Å². The quantitative estimate of drug-likeness (QED) is 0.775. The Morgan fingerprint density at radius 3 is 2.46 bits per heavy atom. The number of anilines is 1. The molecule has 0 aliphatic carbocycles. The second-order valence-corrected chi connectivity index (χ2v) is 5.89. The Morgan fingerprint density at radius 2 is 1.92 bits per heavy atom. The fourth-order valence-corrected chi connectivity index (χ4v) is 2.64. The molecule has 1 aromatic carbocycles. The van der Waals surface area contributed by atoms with Crippen molar-refractivity contribution in [3.8, 4) is 5.69 Å². The summed E-state index contributed by atoms with van der Waals surface area (Å²) in [5.74, 6) is -0.368. The maximum Gasteiger partial charge on any atom is 0.416 e. The molecule has 142 valence electrons. The van der Waals surface area contributed by atoms with Crippen LogP contribution in [-0.2, 0) is 11.0 Å². The van der Waals surface area contributed by atoms with Crippen LogP contribution in [0.4, 0.5) is 18.9 Å². The number of carbonyl (C=O) groups excluding carboxylic acids is 1. The lowest BCUT2D eigenvalue weighted by atomic mass is 10.1. The summed E-state index contributed by atoms with van der Waals surface area (Å²) in [6, 6.07) is 3.13. The van der Waals surface area contributed by atoms with E-state index in [4.69, 9.17) is 0 Å². The number of hydrogen-bond acceptors (Lipinski definition) is 4. The van der Waals surface area contributed by atoms with Gasteiger partial charge in [-0.2, -0.15) is 18.3 Å². The molecule has 2 aromatic rings. The maximum absolute atomic E-state index is 13.0. The van der Waals surface area contributed by atoms with Crippen molar-refractivity contribution in [2.45, 2.75) is 32.9 Å². The number of nitrogens with zero attached hydrogens (tertiary/aromatic N) is 4. The Morgan fingerprint density at radius 1 is 1.23 bits per heavy atom. The van der Waals surface area contributed by atoms with Crippen LogP contribution in [0.5, 0.6) is 0 Å². The molecular formula is C17H22F3N5O. The summed E-state index contributed by atoms with van der Waals surface area (Å²) >= 11 is 0. The lowest BCUT2D eigenvalue weighted by Crippen LogP contribution is -2.34. The molecule has 1 aromatic heterocycles. The molecule has 0 radical (unpaired) electrons. The van der Waals surface area contributed by atoms with Gasteiger partial charge in [-0.15, -0.1) is 0 Å². The van der Waals surface area contributed by atoms with Gasteiger partial charge in [0.05, 0.1) is 23.5 Å². The highest BCUT2D eigenvalue weighted by Gasteiger charge is 2.31. The third-order valence-electron chi connectivity index (χ3n) is 3.71. The Balaban J connectivity index is 2.26. The van der Waals surface area contributed by atoms with Gasteiger partial charge in [-0.05, 0) is 44.1 Å². The van der Waals surface area contributed by atoms with E-state index in [-0.39, 0.29) is 18.1 Å². The zero-order chi connectivity index (χ0) is 19.2. The third-order valence-corrected chi connectivity index (χ3v) is 3.71. The van der Waals surface area contributed by atoms with E-state index in [1.54, 1.807) is 0 Å². The first-order valence-electron chi connectivity index (χ1n) is 8.43. The summed E-state index contributed by atoms with van der Waals surface area (Å²) in [4.78, 5) is 18.1. The summed E-state index contributed by atoms with van der Waals surface area (Å²) in [7, 11) is 0. The van der Waals surface area contributed by atoms with Crippen molar-refractivity contribution in [1.82, 2.24) is 19.7 Å². The van der Waals surface area contributed by atoms with Gasteiger partial charge >= 0.3 is 6.18 Å². The van der Waals surface area contributed by atoms with Crippen LogP contribution in [0, 0.1) is 0 Å². The minimum Gasteiger partial charge on any atom is -0.323 e. The maximum atomic E-state index is 13.0. The lowest BCUT2D eigenvalue weighted by Gasteiger charge is -2.21. The molecule has 0 fully saturated rings. The number of halogens is 3. The van der Waals surface area contributed by atoms with Crippen molar-refractivity contribution in [3.05, 3.63) is 36.4 Å². The third kappa shape index (κ3) is 5.29. The molecule has 1 heterocycles. The lowest BCUT2D eigenvalue weighted by molar-refractivity contribution is -0.137. The molecule has 0 saturated carbocycles. The van der Waals surface area contributed by atoms with Crippen molar-refractivity contribution < 1.29 is 18.0 Å². The van der Waals surface area contributed by atoms with Crippen LogP contribution < -0.4 is 5.32 Å². The predicted molar refractivity (Wildman–Crippen MR) is 92.0 cm³/mol. The molecule has 0 aliphatic rings. The summed E-state index contributed by atoms with van der Waals surface area (Å²) < 4.78 is 40.4. The van der Waals surface area contributed by atoms with Gasteiger partial charge in [0.2, 0.25) is 5.91 Å². The van der Waals surface area contributed by atoms with Crippen LogP contribution in [0.3, 0.4) is 0 Å². The molecule has 0 aliphatic heterocycles. The van der Waals surface area contributed by atoms with Crippen molar-refractivity contribution in [2.24, 2.45) is 0 Å². The number of nitrogens with one attached hydrogen (secondary N) is 1. The number of rotatable bonds is 8. The Labute approximate surface area is 150 Å². The van der Waals surface area contributed by atoms with E-state index < -0.39 is 11.7 Å². The molecule has 0 atom stereocenters. The van der Waals surface area contributed by atoms with E-state index in [2.05, 4.69) is 15.4 Å². The van der Waals surface area contributed by atoms with Crippen LogP contribution in [0.25, 0.3) is 5.69 Å². The highest BCUT2D eigenvalue weighted by molar-refractivity contribution is 5.94. The minimum atomic E-state index is -4.50. The van der Waals surface area contributed by atoms with Crippen LogP contribution in [0.15, 0.2) is 30.9 Å². The molecule has 2 rings (SSSR count). The van der Waals surface area contributed by atoms with E-state index in [9.17, 15) is 18.0 Å². The fourth-order valence-electron chi connectivity index (χ4n) is 2.64. The molecular weight excluding hydrogens is 347 g/mol. The molecule has 0 bridgehead atoms. The van der Waals surface area contributed by atoms with Crippen LogP contribution in [0.1, 0.15) is 32.3 Å². The van der Waals surface area contributed by atoms with Gasteiger partial charge < -0.3 is 5.32 Å². The molecule has 0 spiro atoms. The molecule has 9 heteroatoms. The van der Waals surface area contributed by atoms with E-state index >= 15 is 0 Å². The number of amides is 1. The average Bonchev–Trinajstić information content (AvgIpc) is 3.08. The number of hydrogen-bond donors (Lipinski definition) is 1. The molecule has 1 amide bonds. The molecule has 0 unspecified atom stereocenters. The highest BCUT2D eigenvalue weighted by Crippen LogP contribution is 2.33. The van der Waals surface area contributed by atoms with Gasteiger partial charge in [0, 0.05) is 0 Å². The first-order chi connectivity index (χ1) is 12.3. The van der Waals surface area contributed by atoms with E-state index in [0.717, 1.165) is 38.1 Å². The van der Waals surface area contributed by atoms with Gasteiger partial charge in [-0.1, -0.05) is 13.8 Å². The summed E-state index contributed by atoms with van der Waals surface area (Å²) in [5.41, 5.74) is -0.472. The van der Waals surface area contributed by atoms with Crippen LogP contribution >= 0.6 is 0 Å². The van der Waals surface area contributed by atoms with E-state index in [1.807, 2.05) is 18.7 Å². The minimum absolute atomic E-state index is 0.0447. The number of carbonyl (C=O) groups is 1. The van der Waals surface area contributed by atoms with Gasteiger partial charge in [-0.25, -0.2) is 9.67 Å². The Hall–Kier alpha value is -2.42. The highest BCUT2D eigenvalue weighted by atomic mass is 19.4. The van der Waals surface area contributed by atoms with Crippen LogP contribution in [-0.4, -0.2) is 45.2 Å². The van der Waals surface area contributed by atoms with E-state index in [0.29, 0.717) is 5.69 Å². The monoisotopic (exact) mass is 369 g/mol. The van der Waals surface area contributed by atoms with Crippen molar-refractivity contribution >= 4 is 11.6 Å².